The molecule has 0 saturated carbocycles. The molecule has 6 heteroatoms. The molecule has 0 bridgehead atoms. The van der Waals surface area contributed by atoms with Crippen LogP contribution in [0.25, 0.3) is 0 Å². The van der Waals surface area contributed by atoms with Gasteiger partial charge in [-0.25, -0.2) is 0 Å². The summed E-state index contributed by atoms with van der Waals surface area (Å²) in [5.74, 6) is 0. The Kier molecular flexibility index (Phi) is 5.64. The van der Waals surface area contributed by atoms with E-state index in [4.69, 9.17) is 46.4 Å². The average molecular weight is 386 g/mol. The van der Waals surface area contributed by atoms with Crippen molar-refractivity contribution < 1.29 is 8.97 Å². The maximum Gasteiger partial charge on any atom is 0.129 e. The van der Waals surface area contributed by atoms with Crippen molar-refractivity contribution in [3.05, 3.63) is 31.2 Å². The van der Waals surface area contributed by atoms with Crippen LogP contribution in [0.5, 0.6) is 0 Å². The summed E-state index contributed by atoms with van der Waals surface area (Å²) in [7, 11) is 4.56. The van der Waals surface area contributed by atoms with Crippen LogP contribution >= 0.6 is 46.4 Å². The largest absolute Gasteiger partial charge is 0.322 e. The summed E-state index contributed by atoms with van der Waals surface area (Å²) >= 11 is 25.2. The lowest BCUT2D eigenvalue weighted by Gasteiger charge is -2.37. The molecule has 1 aromatic rings. The fourth-order valence-corrected chi connectivity index (χ4v) is 4.10. The van der Waals surface area contributed by atoms with E-state index in [1.165, 1.54) is 0 Å². The van der Waals surface area contributed by atoms with Crippen LogP contribution in [0, 0.1) is 0 Å². The van der Waals surface area contributed by atoms with Gasteiger partial charge in [-0.3, -0.25) is 0 Å². The Morgan fingerprint density at radius 1 is 0.864 bits per heavy atom. The van der Waals surface area contributed by atoms with E-state index < -0.39 is 0 Å². The molecule has 0 aliphatic carbocycles. The third-order valence-electron chi connectivity index (χ3n) is 5.26. The lowest BCUT2D eigenvalue weighted by Crippen LogP contribution is -2.52. The summed E-state index contributed by atoms with van der Waals surface area (Å²) in [5, 5.41) is 1.89. The van der Waals surface area contributed by atoms with E-state index in [0.717, 1.165) is 59.4 Å². The second-order valence-electron chi connectivity index (χ2n) is 6.85. The van der Waals surface area contributed by atoms with E-state index in [9.17, 15) is 0 Å². The molecule has 1 heterocycles. The Hall–Kier alpha value is 0.300. The molecule has 2 nitrogen and oxygen atoms in total. The van der Waals surface area contributed by atoms with E-state index in [2.05, 4.69) is 27.9 Å². The minimum Gasteiger partial charge on any atom is -0.322 e. The monoisotopic (exact) mass is 384 g/mol. The van der Waals surface area contributed by atoms with Gasteiger partial charge in [-0.05, 0) is 13.8 Å². The van der Waals surface area contributed by atoms with E-state index in [1.807, 2.05) is 0 Å². The summed E-state index contributed by atoms with van der Waals surface area (Å²) in [4.78, 5) is 0. The molecule has 0 amide bonds. The van der Waals surface area contributed by atoms with Crippen molar-refractivity contribution in [2.45, 2.75) is 26.9 Å². The Bertz CT molecular complexity index is 545. The highest BCUT2D eigenvalue weighted by Crippen LogP contribution is 2.46. The summed E-state index contributed by atoms with van der Waals surface area (Å²) in [6.07, 6.45) is 0. The van der Waals surface area contributed by atoms with Gasteiger partial charge < -0.3 is 8.97 Å². The second-order valence-corrected chi connectivity index (χ2v) is 8.36. The van der Waals surface area contributed by atoms with E-state index in [0.29, 0.717) is 20.1 Å². The molecule has 0 aromatic heterocycles. The van der Waals surface area contributed by atoms with Crippen molar-refractivity contribution >= 4 is 46.4 Å². The van der Waals surface area contributed by atoms with Gasteiger partial charge in [0, 0.05) is 11.1 Å². The first-order valence-corrected chi connectivity index (χ1v) is 9.18. The number of likely N-dealkylation sites (N-methyl/N-ethyl adjacent to an activating group) is 2. The van der Waals surface area contributed by atoms with Gasteiger partial charge in [0.05, 0.1) is 47.3 Å². The third kappa shape index (κ3) is 3.38. The molecule has 0 atom stereocenters. The first-order chi connectivity index (χ1) is 10.2. The predicted molar refractivity (Wildman–Crippen MR) is 97.1 cm³/mol. The Balaban J connectivity index is 2.24. The number of hydrogen-bond acceptors (Lipinski definition) is 0. The van der Waals surface area contributed by atoms with Crippen LogP contribution in [0.2, 0.25) is 20.1 Å². The molecule has 0 unspecified atom stereocenters. The van der Waals surface area contributed by atoms with Crippen LogP contribution in [0.1, 0.15) is 25.0 Å². The van der Waals surface area contributed by atoms with E-state index in [-0.39, 0.29) is 0 Å². The molecule has 0 radical (unpaired) electrons. The number of benzene rings is 1. The molecular formula is C16H24Cl4N2+2. The van der Waals surface area contributed by atoms with Crippen LogP contribution < -0.4 is 0 Å². The highest BCUT2D eigenvalue weighted by atomic mass is 35.5. The standard InChI is InChI=1S/C16H24Cl4N2/c1-5-21(3,6-2)7-8-22(4)9-11-12(10-22)14(18)16(20)15(19)13(11)17/h5-10H2,1-4H3/q+2. The summed E-state index contributed by atoms with van der Waals surface area (Å²) in [6.45, 7) is 10.7. The zero-order chi connectivity index (χ0) is 16.7. The molecule has 0 N–H and O–H groups in total. The second kappa shape index (κ2) is 6.66. The van der Waals surface area contributed by atoms with Crippen LogP contribution in [0.4, 0.5) is 0 Å². The lowest BCUT2D eigenvalue weighted by atomic mass is 10.1. The zero-order valence-electron chi connectivity index (χ0n) is 13.6. The van der Waals surface area contributed by atoms with Crippen LogP contribution in [0.15, 0.2) is 0 Å². The van der Waals surface area contributed by atoms with Crippen molar-refractivity contribution in [3.8, 4) is 0 Å². The molecule has 1 aliphatic heterocycles. The molecule has 124 valence electrons. The summed E-state index contributed by atoms with van der Waals surface area (Å²) < 4.78 is 1.98. The minimum atomic E-state index is 0.378. The maximum absolute atomic E-state index is 6.40. The first kappa shape index (κ1) is 18.6. The van der Waals surface area contributed by atoms with Gasteiger partial charge >= 0.3 is 0 Å². The van der Waals surface area contributed by atoms with Gasteiger partial charge in [0.2, 0.25) is 0 Å². The first-order valence-electron chi connectivity index (χ1n) is 7.67. The number of hydrogen-bond donors (Lipinski definition) is 0. The Labute approximate surface area is 153 Å². The molecule has 0 spiro atoms. The van der Waals surface area contributed by atoms with Gasteiger partial charge in [0.15, 0.2) is 0 Å². The normalized spacial score (nSPS) is 16.9. The van der Waals surface area contributed by atoms with Crippen molar-refractivity contribution in [1.82, 2.24) is 0 Å². The topological polar surface area (TPSA) is 0 Å². The Morgan fingerprint density at radius 2 is 1.27 bits per heavy atom. The van der Waals surface area contributed by atoms with E-state index in [1.54, 1.807) is 0 Å². The fourth-order valence-electron chi connectivity index (χ4n) is 3.05. The van der Waals surface area contributed by atoms with Gasteiger partial charge in [-0.2, -0.15) is 0 Å². The number of halogens is 4. The van der Waals surface area contributed by atoms with Crippen LogP contribution in [-0.4, -0.2) is 49.2 Å². The summed E-state index contributed by atoms with van der Waals surface area (Å²) in [5.41, 5.74) is 2.12. The van der Waals surface area contributed by atoms with E-state index >= 15 is 0 Å². The zero-order valence-corrected chi connectivity index (χ0v) is 16.7. The molecule has 0 fully saturated rings. The summed E-state index contributed by atoms with van der Waals surface area (Å²) in [6, 6.07) is 0. The average Bonchev–Trinajstić information content (AvgIpc) is 2.87. The minimum absolute atomic E-state index is 0.378. The van der Waals surface area contributed by atoms with Gasteiger partial charge in [0.25, 0.3) is 0 Å². The molecule has 0 saturated heterocycles. The highest BCUT2D eigenvalue weighted by Gasteiger charge is 2.38. The van der Waals surface area contributed by atoms with Crippen molar-refractivity contribution in [3.63, 3.8) is 0 Å². The molecule has 1 aromatic carbocycles. The highest BCUT2D eigenvalue weighted by molar-refractivity contribution is 6.52. The number of fused-ring (bicyclic) bond motifs is 1. The van der Waals surface area contributed by atoms with Gasteiger partial charge in [-0.15, -0.1) is 0 Å². The molecular weight excluding hydrogens is 362 g/mol. The number of quaternary nitrogens is 2. The SMILES string of the molecule is CC[N+](C)(CC)CC[N+]1(C)Cc2c(Cl)c(Cl)c(Cl)c(Cl)c2C1. The smallest absolute Gasteiger partial charge is 0.129 e. The maximum atomic E-state index is 6.40. The quantitative estimate of drug-likeness (QED) is 0.369. The number of rotatable bonds is 5. The van der Waals surface area contributed by atoms with Crippen LogP contribution in [-0.2, 0) is 13.1 Å². The van der Waals surface area contributed by atoms with Crippen molar-refractivity contribution in [2.24, 2.45) is 0 Å². The van der Waals surface area contributed by atoms with Crippen LogP contribution in [0.3, 0.4) is 0 Å². The molecule has 1 aliphatic rings. The molecule has 2 rings (SSSR count). The predicted octanol–water partition coefficient (Wildman–Crippen LogP) is 5.25. The van der Waals surface area contributed by atoms with Crippen molar-refractivity contribution in [2.75, 3.05) is 40.3 Å². The Morgan fingerprint density at radius 3 is 1.64 bits per heavy atom. The van der Waals surface area contributed by atoms with Gasteiger partial charge in [0.1, 0.15) is 26.2 Å². The number of nitrogens with zero attached hydrogens (tertiary/aromatic N) is 2. The molecule has 22 heavy (non-hydrogen) atoms. The van der Waals surface area contributed by atoms with Crippen molar-refractivity contribution in [1.29, 1.82) is 0 Å². The third-order valence-corrected chi connectivity index (χ3v) is 7.14. The fraction of sp³-hybridized carbons (Fsp3) is 0.625. The van der Waals surface area contributed by atoms with Gasteiger partial charge in [-0.1, -0.05) is 46.4 Å². The lowest BCUT2D eigenvalue weighted by molar-refractivity contribution is -0.972.